The van der Waals surface area contributed by atoms with Crippen molar-refractivity contribution in [3.05, 3.63) is 0 Å². The highest BCUT2D eigenvalue weighted by Crippen LogP contribution is 2.32. The van der Waals surface area contributed by atoms with Crippen LogP contribution in [-0.2, 0) is 9.53 Å². The van der Waals surface area contributed by atoms with Crippen molar-refractivity contribution in [2.24, 2.45) is 0 Å². The summed E-state index contributed by atoms with van der Waals surface area (Å²) >= 11 is 0. The Bertz CT molecular complexity index is 350. The number of rotatable bonds is 4. The van der Waals surface area contributed by atoms with Crippen LogP contribution in [0.5, 0.6) is 0 Å². The van der Waals surface area contributed by atoms with Crippen molar-refractivity contribution < 1.29 is 37.7 Å². The summed E-state index contributed by atoms with van der Waals surface area (Å²) < 4.78 is 42.3. The maximum Gasteiger partial charge on any atom is 0.419 e. The van der Waals surface area contributed by atoms with Gasteiger partial charge in [-0.25, -0.2) is 4.79 Å². The number of alkyl carbamates (subject to hydrolysis) is 1. The highest BCUT2D eigenvalue weighted by atomic mass is 19.4. The number of hydrogen-bond donors (Lipinski definition) is 3. The summed E-state index contributed by atoms with van der Waals surface area (Å²) in [5.74, 6) is -1.84. The fourth-order valence-corrected chi connectivity index (χ4v) is 1.05. The number of alkyl halides is 3. The lowest BCUT2D eigenvalue weighted by Crippen LogP contribution is -2.55. The minimum absolute atomic E-state index is 0.923. The number of carbonyl (C=O) groups excluding carboxylic acids is 1. The third kappa shape index (κ3) is 6.27. The summed E-state index contributed by atoms with van der Waals surface area (Å²) in [6.07, 6.45) is -7.95. The van der Waals surface area contributed by atoms with Gasteiger partial charge in [0.2, 0.25) is 0 Å². The SMILES string of the molecule is CC(C)(C)OC(=O)NC[C@](O)(CC(=O)O)C(F)(F)F. The molecule has 0 spiro atoms. The van der Waals surface area contributed by atoms with Gasteiger partial charge in [-0.05, 0) is 20.8 Å². The van der Waals surface area contributed by atoms with Gasteiger partial charge in [0.15, 0.2) is 5.60 Å². The van der Waals surface area contributed by atoms with E-state index < -0.39 is 42.4 Å². The summed E-state index contributed by atoms with van der Waals surface area (Å²) in [6, 6.07) is 0. The van der Waals surface area contributed by atoms with Crippen LogP contribution in [0.1, 0.15) is 27.2 Å². The number of amides is 1. The average molecular weight is 287 g/mol. The third-order valence-electron chi connectivity index (χ3n) is 1.90. The number of ether oxygens (including phenoxy) is 1. The highest BCUT2D eigenvalue weighted by molar-refractivity contribution is 5.70. The normalized spacial score (nSPS) is 15.5. The summed E-state index contributed by atoms with van der Waals surface area (Å²) in [7, 11) is 0. The summed E-state index contributed by atoms with van der Waals surface area (Å²) in [6.45, 7) is 3.19. The van der Waals surface area contributed by atoms with Crippen LogP contribution in [-0.4, -0.2) is 46.2 Å². The van der Waals surface area contributed by atoms with Gasteiger partial charge in [0.05, 0.1) is 13.0 Å². The van der Waals surface area contributed by atoms with E-state index in [-0.39, 0.29) is 0 Å². The lowest BCUT2D eigenvalue weighted by atomic mass is 9.99. The highest BCUT2D eigenvalue weighted by Gasteiger charge is 2.55. The molecule has 0 saturated heterocycles. The van der Waals surface area contributed by atoms with Gasteiger partial charge in [-0.3, -0.25) is 4.79 Å². The second-order valence-electron chi connectivity index (χ2n) is 4.96. The molecule has 0 aliphatic carbocycles. The topological polar surface area (TPSA) is 95.9 Å². The Hall–Kier alpha value is -1.51. The largest absolute Gasteiger partial charge is 0.481 e. The van der Waals surface area contributed by atoms with Crippen LogP contribution in [0, 0.1) is 0 Å². The van der Waals surface area contributed by atoms with E-state index in [1.807, 2.05) is 0 Å². The first kappa shape index (κ1) is 17.5. The molecule has 0 bridgehead atoms. The molecular formula is C10H16F3NO5. The molecule has 0 rings (SSSR count). The van der Waals surface area contributed by atoms with E-state index in [2.05, 4.69) is 4.74 Å². The molecule has 0 aliphatic heterocycles. The van der Waals surface area contributed by atoms with Crippen LogP contribution in [0.4, 0.5) is 18.0 Å². The van der Waals surface area contributed by atoms with Crippen LogP contribution >= 0.6 is 0 Å². The van der Waals surface area contributed by atoms with Gasteiger partial charge in [-0.15, -0.1) is 0 Å². The molecule has 0 aromatic carbocycles. The molecule has 1 amide bonds. The zero-order valence-electron chi connectivity index (χ0n) is 10.7. The molecule has 9 heteroatoms. The fourth-order valence-electron chi connectivity index (χ4n) is 1.05. The smallest absolute Gasteiger partial charge is 0.419 e. The molecular weight excluding hydrogens is 271 g/mol. The van der Waals surface area contributed by atoms with Crippen LogP contribution in [0.25, 0.3) is 0 Å². The second kappa shape index (κ2) is 5.64. The number of carboxylic acids is 1. The molecule has 0 unspecified atom stereocenters. The number of hydrogen-bond acceptors (Lipinski definition) is 4. The van der Waals surface area contributed by atoms with Gasteiger partial charge in [0.25, 0.3) is 0 Å². The summed E-state index contributed by atoms with van der Waals surface area (Å²) in [5, 5.41) is 19.3. The van der Waals surface area contributed by atoms with Crippen molar-refractivity contribution in [2.45, 2.75) is 44.6 Å². The molecule has 0 heterocycles. The summed E-state index contributed by atoms with van der Waals surface area (Å²) in [4.78, 5) is 21.5. The van der Waals surface area contributed by atoms with E-state index in [0.717, 1.165) is 0 Å². The first-order valence-corrected chi connectivity index (χ1v) is 5.24. The first-order chi connectivity index (χ1) is 8.27. The molecule has 0 saturated carbocycles. The molecule has 1 atom stereocenters. The third-order valence-corrected chi connectivity index (χ3v) is 1.90. The molecule has 0 aliphatic rings. The van der Waals surface area contributed by atoms with Crippen molar-refractivity contribution in [3.63, 3.8) is 0 Å². The predicted molar refractivity (Wildman–Crippen MR) is 57.5 cm³/mol. The van der Waals surface area contributed by atoms with Crippen molar-refractivity contribution in [1.29, 1.82) is 0 Å². The number of aliphatic hydroxyl groups is 1. The van der Waals surface area contributed by atoms with E-state index in [1.165, 1.54) is 20.8 Å². The zero-order chi connectivity index (χ0) is 15.5. The van der Waals surface area contributed by atoms with Crippen molar-refractivity contribution in [3.8, 4) is 0 Å². The molecule has 19 heavy (non-hydrogen) atoms. The summed E-state index contributed by atoms with van der Waals surface area (Å²) in [5.41, 5.74) is -4.47. The van der Waals surface area contributed by atoms with E-state index >= 15 is 0 Å². The van der Waals surface area contributed by atoms with Crippen LogP contribution < -0.4 is 5.32 Å². The predicted octanol–water partition coefficient (Wildman–Crippen LogP) is 1.28. The van der Waals surface area contributed by atoms with Crippen molar-refractivity contribution in [2.75, 3.05) is 6.54 Å². The lowest BCUT2D eigenvalue weighted by molar-refractivity contribution is -0.259. The Morgan fingerprint density at radius 1 is 1.21 bits per heavy atom. The zero-order valence-corrected chi connectivity index (χ0v) is 10.7. The van der Waals surface area contributed by atoms with Gasteiger partial charge in [-0.2, -0.15) is 13.2 Å². The monoisotopic (exact) mass is 287 g/mol. The molecule has 0 aromatic rings. The van der Waals surface area contributed by atoms with E-state index in [9.17, 15) is 27.9 Å². The Balaban J connectivity index is 4.70. The molecule has 6 nitrogen and oxygen atoms in total. The van der Waals surface area contributed by atoms with Crippen molar-refractivity contribution in [1.82, 2.24) is 5.32 Å². The lowest BCUT2D eigenvalue weighted by Gasteiger charge is -2.29. The molecule has 3 N–H and O–H groups in total. The quantitative estimate of drug-likeness (QED) is 0.724. The number of aliphatic carboxylic acids is 1. The standard InChI is InChI=1S/C10H16F3NO5/c1-8(2,3)19-7(17)14-5-9(18,4-6(15)16)10(11,12)13/h18H,4-5H2,1-3H3,(H,14,17)(H,15,16)/t9-/m1/s1. The van der Waals surface area contributed by atoms with Gasteiger partial charge >= 0.3 is 18.2 Å². The second-order valence-corrected chi connectivity index (χ2v) is 4.96. The Labute approximate surface area is 107 Å². The molecule has 0 radical (unpaired) electrons. The molecule has 0 aromatic heterocycles. The fraction of sp³-hybridized carbons (Fsp3) is 0.800. The van der Waals surface area contributed by atoms with Crippen LogP contribution in [0.3, 0.4) is 0 Å². The van der Waals surface area contributed by atoms with Gasteiger partial charge < -0.3 is 20.3 Å². The Kier molecular flexibility index (Phi) is 5.19. The number of nitrogens with one attached hydrogen (secondary N) is 1. The van der Waals surface area contributed by atoms with Crippen LogP contribution in [0.2, 0.25) is 0 Å². The number of carboxylic acid groups (broad SMARTS) is 1. The Morgan fingerprint density at radius 3 is 2.00 bits per heavy atom. The van der Waals surface area contributed by atoms with Gasteiger partial charge in [0, 0.05) is 0 Å². The van der Waals surface area contributed by atoms with E-state index in [0.29, 0.717) is 0 Å². The van der Waals surface area contributed by atoms with Gasteiger partial charge in [-0.1, -0.05) is 0 Å². The Morgan fingerprint density at radius 2 is 1.68 bits per heavy atom. The van der Waals surface area contributed by atoms with Gasteiger partial charge in [0.1, 0.15) is 5.60 Å². The van der Waals surface area contributed by atoms with E-state index in [4.69, 9.17) is 5.11 Å². The van der Waals surface area contributed by atoms with Crippen molar-refractivity contribution >= 4 is 12.1 Å². The minimum Gasteiger partial charge on any atom is -0.481 e. The van der Waals surface area contributed by atoms with E-state index in [1.54, 1.807) is 5.32 Å². The molecule has 0 fully saturated rings. The number of carbonyl (C=O) groups is 2. The maximum absolute atomic E-state index is 12.5. The number of halogens is 3. The minimum atomic E-state index is -5.19. The van der Waals surface area contributed by atoms with Crippen LogP contribution in [0.15, 0.2) is 0 Å². The molecule has 112 valence electrons. The average Bonchev–Trinajstić information content (AvgIpc) is 2.09. The maximum atomic E-state index is 12.5. The first-order valence-electron chi connectivity index (χ1n) is 5.24.